The van der Waals surface area contributed by atoms with E-state index in [0.29, 0.717) is 11.7 Å². The van der Waals surface area contributed by atoms with Gasteiger partial charge < -0.3 is 0 Å². The van der Waals surface area contributed by atoms with Crippen LogP contribution in [0.4, 0.5) is 0 Å². The van der Waals surface area contributed by atoms with Crippen molar-refractivity contribution >= 4 is 17.4 Å². The number of carbonyl (C=O) groups is 1. The van der Waals surface area contributed by atoms with Crippen LogP contribution in [0.5, 0.6) is 0 Å². The summed E-state index contributed by atoms with van der Waals surface area (Å²) in [4.78, 5) is 11.9. The van der Waals surface area contributed by atoms with Crippen molar-refractivity contribution in [1.82, 2.24) is 0 Å². The summed E-state index contributed by atoms with van der Waals surface area (Å²) < 4.78 is 0. The lowest BCUT2D eigenvalue weighted by Gasteiger charge is -2.34. The van der Waals surface area contributed by atoms with Crippen molar-refractivity contribution < 1.29 is 4.79 Å². The second kappa shape index (κ2) is 2.06. The molecule has 0 spiro atoms. The summed E-state index contributed by atoms with van der Waals surface area (Å²) in [5.74, 6) is 0.841. The van der Waals surface area contributed by atoms with Crippen LogP contribution in [0, 0.1) is 16.7 Å². The van der Waals surface area contributed by atoms with E-state index < -0.39 is 0 Å². The van der Waals surface area contributed by atoms with Crippen molar-refractivity contribution in [1.29, 1.82) is 0 Å². The highest BCUT2D eigenvalue weighted by molar-refractivity contribution is 6.22. The number of hydrogen-bond acceptors (Lipinski definition) is 1. The van der Waals surface area contributed by atoms with E-state index in [0.717, 1.165) is 12.8 Å². The lowest BCUT2D eigenvalue weighted by molar-refractivity contribution is -0.134. The summed E-state index contributed by atoms with van der Waals surface area (Å²) in [7, 11) is 0. The van der Waals surface area contributed by atoms with Gasteiger partial charge in [-0.1, -0.05) is 20.8 Å². The maximum Gasteiger partial charge on any atom is 0.144 e. The van der Waals surface area contributed by atoms with Crippen LogP contribution in [-0.2, 0) is 4.79 Å². The highest BCUT2D eigenvalue weighted by Crippen LogP contribution is 2.61. The Balaban J connectivity index is 2.43. The molecule has 0 aromatic carbocycles. The predicted molar refractivity (Wildman–Crippen MR) is 49.3 cm³/mol. The zero-order chi connectivity index (χ0) is 9.15. The highest BCUT2D eigenvalue weighted by atomic mass is 35.5. The summed E-state index contributed by atoms with van der Waals surface area (Å²) in [5, 5.41) is 0.225. The summed E-state index contributed by atoms with van der Waals surface area (Å²) in [6.07, 6.45) is 1.90. The Bertz CT molecular complexity index is 239. The maximum absolute atomic E-state index is 11.9. The third-order valence-electron chi connectivity index (χ3n) is 3.81. The summed E-state index contributed by atoms with van der Waals surface area (Å²) in [6, 6.07) is 0. The van der Waals surface area contributed by atoms with Gasteiger partial charge in [0.2, 0.25) is 0 Å². The molecule has 2 fully saturated rings. The Kier molecular flexibility index (Phi) is 1.47. The van der Waals surface area contributed by atoms with Crippen molar-refractivity contribution in [3.8, 4) is 0 Å². The normalized spacial score (nSPS) is 50.2. The summed E-state index contributed by atoms with van der Waals surface area (Å²) in [5.41, 5.74) is -0.264. The Morgan fingerprint density at radius 1 is 1.33 bits per heavy atom. The van der Waals surface area contributed by atoms with Crippen LogP contribution in [0.2, 0.25) is 0 Å². The number of rotatable bonds is 0. The fourth-order valence-corrected chi connectivity index (χ4v) is 3.85. The summed E-state index contributed by atoms with van der Waals surface area (Å²) in [6.45, 7) is 6.15. The Hall–Kier alpha value is -0.0400. The van der Waals surface area contributed by atoms with Crippen molar-refractivity contribution in [2.45, 2.75) is 39.0 Å². The van der Waals surface area contributed by atoms with Gasteiger partial charge in [-0.25, -0.2) is 0 Å². The largest absolute Gasteiger partial charge is 0.298 e. The zero-order valence-electron chi connectivity index (χ0n) is 7.86. The Morgan fingerprint density at radius 3 is 2.25 bits per heavy atom. The topological polar surface area (TPSA) is 17.1 Å². The SMILES string of the molecule is CC12CC(Cl)C(C1)C(C)(C)C2=O. The minimum Gasteiger partial charge on any atom is -0.298 e. The van der Waals surface area contributed by atoms with Crippen LogP contribution >= 0.6 is 11.6 Å². The molecule has 3 unspecified atom stereocenters. The monoisotopic (exact) mass is 186 g/mol. The minimum atomic E-state index is -0.167. The number of alkyl halides is 1. The first-order valence-corrected chi connectivity index (χ1v) is 5.00. The molecular weight excluding hydrogens is 172 g/mol. The molecule has 2 aliphatic rings. The molecule has 0 aromatic heterocycles. The van der Waals surface area contributed by atoms with Gasteiger partial charge in [-0.05, 0) is 18.8 Å². The Morgan fingerprint density at radius 2 is 1.92 bits per heavy atom. The number of fused-ring (bicyclic) bond motifs is 2. The van der Waals surface area contributed by atoms with Gasteiger partial charge >= 0.3 is 0 Å². The molecule has 0 aliphatic heterocycles. The van der Waals surface area contributed by atoms with Gasteiger partial charge in [0, 0.05) is 16.2 Å². The fourth-order valence-electron chi connectivity index (χ4n) is 3.11. The van der Waals surface area contributed by atoms with Crippen molar-refractivity contribution in [3.63, 3.8) is 0 Å². The van der Waals surface area contributed by atoms with Crippen LogP contribution in [0.3, 0.4) is 0 Å². The van der Waals surface area contributed by atoms with E-state index in [4.69, 9.17) is 11.6 Å². The first-order chi connectivity index (χ1) is 5.38. The molecule has 0 aromatic rings. The van der Waals surface area contributed by atoms with E-state index in [9.17, 15) is 4.79 Å². The van der Waals surface area contributed by atoms with Crippen LogP contribution in [0.1, 0.15) is 33.6 Å². The maximum atomic E-state index is 11.9. The van der Waals surface area contributed by atoms with Gasteiger partial charge in [-0.2, -0.15) is 0 Å². The van der Waals surface area contributed by atoms with E-state index >= 15 is 0 Å². The standard InChI is InChI=1S/C10H15ClO/c1-9(2)6-4-10(3,8(9)12)5-7(6)11/h6-7H,4-5H2,1-3H3. The first-order valence-electron chi connectivity index (χ1n) is 4.57. The number of Topliss-reactive ketones (excluding diaryl/α,β-unsaturated/α-hetero) is 1. The van der Waals surface area contributed by atoms with Crippen LogP contribution < -0.4 is 0 Å². The molecule has 0 radical (unpaired) electrons. The van der Waals surface area contributed by atoms with Gasteiger partial charge in [0.1, 0.15) is 5.78 Å². The second-order valence-corrected chi connectivity index (χ2v) is 5.70. The number of carbonyl (C=O) groups excluding carboxylic acids is 1. The third-order valence-corrected chi connectivity index (χ3v) is 4.27. The molecule has 12 heavy (non-hydrogen) atoms. The molecule has 2 saturated carbocycles. The van der Waals surface area contributed by atoms with Crippen molar-refractivity contribution in [2.75, 3.05) is 0 Å². The number of halogens is 1. The average molecular weight is 187 g/mol. The number of ketones is 1. The van der Waals surface area contributed by atoms with Gasteiger partial charge in [0.05, 0.1) is 0 Å². The summed E-state index contributed by atoms with van der Waals surface area (Å²) >= 11 is 6.20. The zero-order valence-corrected chi connectivity index (χ0v) is 8.61. The molecule has 0 saturated heterocycles. The molecular formula is C10H15ClO. The van der Waals surface area contributed by atoms with E-state index in [-0.39, 0.29) is 16.2 Å². The number of hydrogen-bond donors (Lipinski definition) is 0. The molecule has 0 amide bonds. The van der Waals surface area contributed by atoms with Crippen LogP contribution in [0.25, 0.3) is 0 Å². The molecule has 2 aliphatic carbocycles. The van der Waals surface area contributed by atoms with Crippen LogP contribution in [-0.4, -0.2) is 11.2 Å². The first kappa shape index (κ1) is 8.55. The van der Waals surface area contributed by atoms with Crippen molar-refractivity contribution in [3.05, 3.63) is 0 Å². The fraction of sp³-hybridized carbons (Fsp3) is 0.900. The molecule has 0 N–H and O–H groups in total. The molecule has 1 nitrogen and oxygen atoms in total. The quantitative estimate of drug-likeness (QED) is 0.532. The van der Waals surface area contributed by atoms with E-state index in [1.54, 1.807) is 0 Å². The van der Waals surface area contributed by atoms with Crippen LogP contribution in [0.15, 0.2) is 0 Å². The lowest BCUT2D eigenvalue weighted by atomic mass is 9.71. The van der Waals surface area contributed by atoms with Gasteiger partial charge in [0.15, 0.2) is 0 Å². The second-order valence-electron chi connectivity index (χ2n) is 5.14. The van der Waals surface area contributed by atoms with Crippen molar-refractivity contribution in [2.24, 2.45) is 16.7 Å². The smallest absolute Gasteiger partial charge is 0.144 e. The van der Waals surface area contributed by atoms with Gasteiger partial charge in [-0.3, -0.25) is 4.79 Å². The van der Waals surface area contributed by atoms with Gasteiger partial charge in [0.25, 0.3) is 0 Å². The van der Waals surface area contributed by atoms with E-state index in [1.807, 2.05) is 13.8 Å². The van der Waals surface area contributed by atoms with Gasteiger partial charge in [-0.15, -0.1) is 11.6 Å². The van der Waals surface area contributed by atoms with E-state index in [2.05, 4.69) is 6.92 Å². The molecule has 68 valence electrons. The van der Waals surface area contributed by atoms with E-state index in [1.165, 1.54) is 0 Å². The molecule has 0 heterocycles. The average Bonchev–Trinajstić information content (AvgIpc) is 2.32. The molecule has 2 rings (SSSR count). The lowest BCUT2D eigenvalue weighted by Crippen LogP contribution is -2.40. The third kappa shape index (κ3) is 0.783. The predicted octanol–water partition coefficient (Wildman–Crippen LogP) is 2.62. The molecule has 2 bridgehead atoms. The highest BCUT2D eigenvalue weighted by Gasteiger charge is 2.62. The molecule has 2 heteroatoms. The Labute approximate surface area is 78.5 Å². The molecule has 3 atom stereocenters. The minimum absolute atomic E-state index is 0.0966.